The molecule has 3 heterocycles. The number of hydrogen-bond donors (Lipinski definition) is 2. The molecule has 1 aliphatic rings. The standard InChI is InChI=1S/C21H24ClN5O/c1-26-11-8-18(12-26)25-19(28)13-27-14-24-20(15-2-4-17(22)5-3-15)21(27)16-6-9-23-10-7-16/h2-7,9-10,14,18-19,25,28H,8,11-13H2,1H3. The number of likely N-dealkylation sites (tertiary alicyclic amines) is 1. The van der Waals surface area contributed by atoms with E-state index in [4.69, 9.17) is 11.6 Å². The molecule has 2 aromatic heterocycles. The van der Waals surface area contributed by atoms with Gasteiger partial charge in [0.05, 0.1) is 24.3 Å². The summed E-state index contributed by atoms with van der Waals surface area (Å²) < 4.78 is 2.00. The summed E-state index contributed by atoms with van der Waals surface area (Å²) in [6, 6.07) is 11.9. The molecule has 4 rings (SSSR count). The van der Waals surface area contributed by atoms with Crippen LogP contribution in [0.15, 0.2) is 55.1 Å². The van der Waals surface area contributed by atoms with E-state index >= 15 is 0 Å². The van der Waals surface area contributed by atoms with Crippen LogP contribution in [0, 0.1) is 0 Å². The number of imidazole rings is 1. The zero-order chi connectivity index (χ0) is 19.5. The number of aliphatic hydroxyl groups excluding tert-OH is 1. The van der Waals surface area contributed by atoms with Gasteiger partial charge >= 0.3 is 0 Å². The molecule has 1 saturated heterocycles. The quantitative estimate of drug-likeness (QED) is 0.626. The Morgan fingerprint density at radius 3 is 2.61 bits per heavy atom. The molecule has 7 heteroatoms. The Kier molecular flexibility index (Phi) is 5.73. The van der Waals surface area contributed by atoms with Gasteiger partial charge in [0.1, 0.15) is 6.23 Å². The van der Waals surface area contributed by atoms with Crippen molar-refractivity contribution in [1.29, 1.82) is 0 Å². The number of likely N-dealkylation sites (N-methyl/N-ethyl adjacent to an activating group) is 1. The van der Waals surface area contributed by atoms with Crippen LogP contribution < -0.4 is 5.32 Å². The maximum absolute atomic E-state index is 10.6. The van der Waals surface area contributed by atoms with Gasteiger partial charge in [-0.2, -0.15) is 0 Å². The molecule has 0 bridgehead atoms. The molecule has 0 radical (unpaired) electrons. The Labute approximate surface area is 169 Å². The van der Waals surface area contributed by atoms with E-state index in [0.29, 0.717) is 17.6 Å². The smallest absolute Gasteiger partial charge is 0.123 e. The minimum Gasteiger partial charge on any atom is -0.377 e. The second kappa shape index (κ2) is 8.41. The lowest BCUT2D eigenvalue weighted by Gasteiger charge is -2.20. The molecule has 0 aliphatic carbocycles. The molecule has 6 nitrogen and oxygen atoms in total. The normalized spacial score (nSPS) is 18.5. The van der Waals surface area contributed by atoms with Crippen LogP contribution in [0.3, 0.4) is 0 Å². The molecular formula is C21H24ClN5O. The lowest BCUT2D eigenvalue weighted by molar-refractivity contribution is 0.105. The van der Waals surface area contributed by atoms with Crippen LogP contribution in [0.5, 0.6) is 0 Å². The number of halogens is 1. The molecule has 0 amide bonds. The van der Waals surface area contributed by atoms with Crippen molar-refractivity contribution >= 4 is 11.6 Å². The first-order valence-electron chi connectivity index (χ1n) is 9.44. The van der Waals surface area contributed by atoms with Gasteiger partial charge in [0.25, 0.3) is 0 Å². The van der Waals surface area contributed by atoms with Crippen LogP contribution in [0.1, 0.15) is 6.42 Å². The van der Waals surface area contributed by atoms with E-state index in [0.717, 1.165) is 42.0 Å². The molecule has 2 atom stereocenters. The van der Waals surface area contributed by atoms with Gasteiger partial charge in [-0.15, -0.1) is 0 Å². The summed E-state index contributed by atoms with van der Waals surface area (Å²) in [5.41, 5.74) is 3.80. The molecule has 0 saturated carbocycles. The van der Waals surface area contributed by atoms with Gasteiger partial charge in [0.2, 0.25) is 0 Å². The Morgan fingerprint density at radius 2 is 1.93 bits per heavy atom. The van der Waals surface area contributed by atoms with Gasteiger partial charge in [-0.25, -0.2) is 4.98 Å². The monoisotopic (exact) mass is 397 g/mol. The fourth-order valence-electron chi connectivity index (χ4n) is 3.73. The third kappa shape index (κ3) is 4.25. The van der Waals surface area contributed by atoms with Gasteiger partial charge in [-0.05, 0) is 44.3 Å². The van der Waals surface area contributed by atoms with Crippen LogP contribution in [-0.4, -0.2) is 56.9 Å². The van der Waals surface area contributed by atoms with E-state index in [9.17, 15) is 5.11 Å². The first kappa shape index (κ1) is 19.1. The average Bonchev–Trinajstić information content (AvgIpc) is 3.29. The number of rotatable bonds is 6. The fraction of sp³-hybridized carbons (Fsp3) is 0.333. The molecule has 28 heavy (non-hydrogen) atoms. The van der Waals surface area contributed by atoms with E-state index in [1.165, 1.54) is 0 Å². The van der Waals surface area contributed by atoms with Crippen molar-refractivity contribution in [2.45, 2.75) is 25.2 Å². The summed E-state index contributed by atoms with van der Waals surface area (Å²) in [6.45, 7) is 2.42. The van der Waals surface area contributed by atoms with Crippen molar-refractivity contribution in [2.75, 3.05) is 20.1 Å². The van der Waals surface area contributed by atoms with E-state index in [1.807, 2.05) is 41.0 Å². The molecule has 146 valence electrons. The van der Waals surface area contributed by atoms with Crippen LogP contribution in [0.2, 0.25) is 5.02 Å². The molecule has 1 fully saturated rings. The van der Waals surface area contributed by atoms with Gasteiger partial charge in [0, 0.05) is 41.1 Å². The number of benzene rings is 1. The Morgan fingerprint density at radius 1 is 1.18 bits per heavy atom. The second-order valence-electron chi connectivity index (χ2n) is 7.27. The summed E-state index contributed by atoms with van der Waals surface area (Å²) in [5.74, 6) is 0. The predicted octanol–water partition coefficient (Wildman–Crippen LogP) is 2.88. The van der Waals surface area contributed by atoms with Gasteiger partial charge in [-0.1, -0.05) is 23.7 Å². The first-order valence-corrected chi connectivity index (χ1v) is 9.82. The van der Waals surface area contributed by atoms with Crippen molar-refractivity contribution in [3.8, 4) is 22.5 Å². The zero-order valence-electron chi connectivity index (χ0n) is 15.8. The number of hydrogen-bond acceptors (Lipinski definition) is 5. The van der Waals surface area contributed by atoms with Gasteiger partial charge in [0.15, 0.2) is 0 Å². The highest BCUT2D eigenvalue weighted by atomic mass is 35.5. The Balaban J connectivity index is 1.62. The van der Waals surface area contributed by atoms with Crippen molar-refractivity contribution in [1.82, 2.24) is 24.8 Å². The highest BCUT2D eigenvalue weighted by Crippen LogP contribution is 2.31. The SMILES string of the molecule is CN1CCC(NC(O)Cn2cnc(-c3ccc(Cl)cc3)c2-c2ccncc2)C1. The molecule has 2 N–H and O–H groups in total. The first-order chi connectivity index (χ1) is 13.6. The maximum atomic E-state index is 10.6. The summed E-state index contributed by atoms with van der Waals surface area (Å²) in [4.78, 5) is 11.0. The molecular weight excluding hydrogens is 374 g/mol. The van der Waals surface area contributed by atoms with Gasteiger partial charge in [-0.3, -0.25) is 10.3 Å². The van der Waals surface area contributed by atoms with E-state index in [2.05, 4.69) is 27.2 Å². The van der Waals surface area contributed by atoms with Gasteiger partial charge < -0.3 is 14.6 Å². The molecule has 3 aromatic rings. The Bertz CT molecular complexity index is 912. The second-order valence-corrected chi connectivity index (χ2v) is 7.70. The molecule has 1 aromatic carbocycles. The van der Waals surface area contributed by atoms with E-state index < -0.39 is 6.23 Å². The van der Waals surface area contributed by atoms with E-state index in [-0.39, 0.29) is 0 Å². The minimum atomic E-state index is -0.649. The van der Waals surface area contributed by atoms with Crippen molar-refractivity contribution in [3.05, 3.63) is 60.1 Å². The number of nitrogens with zero attached hydrogens (tertiary/aromatic N) is 4. The lowest BCUT2D eigenvalue weighted by atomic mass is 10.1. The molecule has 1 aliphatic heterocycles. The minimum absolute atomic E-state index is 0.309. The number of pyridine rings is 1. The summed E-state index contributed by atoms with van der Waals surface area (Å²) in [6.07, 6.45) is 5.71. The molecule has 2 unspecified atom stereocenters. The van der Waals surface area contributed by atoms with Crippen LogP contribution >= 0.6 is 11.6 Å². The topological polar surface area (TPSA) is 66.2 Å². The number of nitrogens with one attached hydrogen (secondary N) is 1. The highest BCUT2D eigenvalue weighted by Gasteiger charge is 2.23. The van der Waals surface area contributed by atoms with E-state index in [1.54, 1.807) is 18.7 Å². The third-order valence-electron chi connectivity index (χ3n) is 5.10. The third-order valence-corrected chi connectivity index (χ3v) is 5.35. The number of aromatic nitrogens is 3. The zero-order valence-corrected chi connectivity index (χ0v) is 16.5. The summed E-state index contributed by atoms with van der Waals surface area (Å²) in [5, 5.41) is 14.6. The Hall–Kier alpha value is -2.25. The van der Waals surface area contributed by atoms with Crippen molar-refractivity contribution in [2.24, 2.45) is 0 Å². The lowest BCUT2D eigenvalue weighted by Crippen LogP contribution is -2.41. The van der Waals surface area contributed by atoms with Crippen LogP contribution in [-0.2, 0) is 6.54 Å². The van der Waals surface area contributed by atoms with Crippen LogP contribution in [0.25, 0.3) is 22.5 Å². The highest BCUT2D eigenvalue weighted by molar-refractivity contribution is 6.30. The summed E-state index contributed by atoms with van der Waals surface area (Å²) >= 11 is 6.04. The largest absolute Gasteiger partial charge is 0.377 e. The van der Waals surface area contributed by atoms with Crippen LogP contribution in [0.4, 0.5) is 0 Å². The number of aliphatic hydroxyl groups is 1. The van der Waals surface area contributed by atoms with Crippen molar-refractivity contribution < 1.29 is 5.11 Å². The predicted molar refractivity (Wildman–Crippen MR) is 111 cm³/mol. The summed E-state index contributed by atoms with van der Waals surface area (Å²) in [7, 11) is 2.10. The fourth-order valence-corrected chi connectivity index (χ4v) is 3.86. The molecule has 0 spiro atoms. The average molecular weight is 398 g/mol. The van der Waals surface area contributed by atoms with Crippen molar-refractivity contribution in [3.63, 3.8) is 0 Å². The maximum Gasteiger partial charge on any atom is 0.123 e.